The van der Waals surface area contributed by atoms with E-state index in [0.29, 0.717) is 23.5 Å². The number of amides is 1. The van der Waals surface area contributed by atoms with Crippen LogP contribution in [0.3, 0.4) is 0 Å². The molecular weight excluding hydrogens is 304 g/mol. The fourth-order valence-electron chi connectivity index (χ4n) is 2.77. The second kappa shape index (κ2) is 5.38. The maximum Gasteiger partial charge on any atom is 0.275 e. The second-order valence-corrected chi connectivity index (χ2v) is 5.73. The van der Waals surface area contributed by atoms with E-state index in [0.717, 1.165) is 11.3 Å². The van der Waals surface area contributed by atoms with E-state index in [2.05, 4.69) is 26.4 Å². The molecule has 0 bridgehead atoms. The van der Waals surface area contributed by atoms with Gasteiger partial charge >= 0.3 is 0 Å². The van der Waals surface area contributed by atoms with E-state index < -0.39 is 5.66 Å². The molecule has 7 heteroatoms. The van der Waals surface area contributed by atoms with Gasteiger partial charge in [0.15, 0.2) is 5.84 Å². The van der Waals surface area contributed by atoms with E-state index in [4.69, 9.17) is 5.73 Å². The SMILES string of the molecule is Nc1ccccc1C1=NN[C@]2(CC(c3ccccc3)=NN2)C(=O)N1. The van der Waals surface area contributed by atoms with Crippen LogP contribution in [-0.4, -0.2) is 23.1 Å². The largest absolute Gasteiger partial charge is 0.398 e. The molecule has 4 rings (SSSR count). The maximum absolute atomic E-state index is 12.7. The van der Waals surface area contributed by atoms with Crippen molar-refractivity contribution in [2.45, 2.75) is 12.1 Å². The number of carbonyl (C=O) groups excluding carboxylic acids is 1. The van der Waals surface area contributed by atoms with Crippen LogP contribution < -0.4 is 21.9 Å². The van der Waals surface area contributed by atoms with Gasteiger partial charge in [0.1, 0.15) is 0 Å². The molecule has 24 heavy (non-hydrogen) atoms. The first-order valence-corrected chi connectivity index (χ1v) is 7.58. The number of nitrogens with two attached hydrogens (primary N) is 1. The van der Waals surface area contributed by atoms with Crippen LogP contribution in [0.4, 0.5) is 5.69 Å². The third-order valence-electron chi connectivity index (χ3n) is 4.12. The van der Waals surface area contributed by atoms with Crippen molar-refractivity contribution in [2.24, 2.45) is 10.2 Å². The van der Waals surface area contributed by atoms with E-state index in [1.165, 1.54) is 0 Å². The van der Waals surface area contributed by atoms with Gasteiger partial charge in [0.2, 0.25) is 5.66 Å². The molecular formula is C17H16N6O. The summed E-state index contributed by atoms with van der Waals surface area (Å²) in [4.78, 5) is 12.7. The van der Waals surface area contributed by atoms with E-state index in [1.807, 2.05) is 48.5 Å². The monoisotopic (exact) mass is 320 g/mol. The molecule has 2 aromatic carbocycles. The van der Waals surface area contributed by atoms with Gasteiger partial charge < -0.3 is 11.1 Å². The Labute approximate surface area is 138 Å². The lowest BCUT2D eigenvalue weighted by atomic mass is 9.98. The van der Waals surface area contributed by atoms with Crippen molar-refractivity contribution in [3.05, 3.63) is 65.7 Å². The molecule has 0 radical (unpaired) electrons. The molecule has 2 heterocycles. The predicted octanol–water partition coefficient (Wildman–Crippen LogP) is 0.744. The minimum atomic E-state index is -1.07. The number of nitrogen functional groups attached to an aromatic ring is 1. The average Bonchev–Trinajstić information content (AvgIpc) is 3.04. The Kier molecular flexibility index (Phi) is 3.19. The lowest BCUT2D eigenvalue weighted by molar-refractivity contribution is -0.127. The Morgan fingerprint density at radius 2 is 1.67 bits per heavy atom. The molecule has 0 saturated heterocycles. The number of hydrogen-bond acceptors (Lipinski definition) is 6. The Morgan fingerprint density at radius 3 is 2.42 bits per heavy atom. The molecule has 7 nitrogen and oxygen atoms in total. The first-order valence-electron chi connectivity index (χ1n) is 7.58. The smallest absolute Gasteiger partial charge is 0.275 e. The Hall–Kier alpha value is -3.35. The average molecular weight is 320 g/mol. The van der Waals surface area contributed by atoms with Gasteiger partial charge in [0.25, 0.3) is 5.91 Å². The second-order valence-electron chi connectivity index (χ2n) is 5.73. The summed E-state index contributed by atoms with van der Waals surface area (Å²) in [5.41, 5.74) is 13.7. The molecule has 1 atom stereocenters. The number of hydrazone groups is 2. The molecule has 0 fully saturated rings. The van der Waals surface area contributed by atoms with Crippen molar-refractivity contribution in [2.75, 3.05) is 5.73 Å². The topological polar surface area (TPSA) is 104 Å². The van der Waals surface area contributed by atoms with E-state index in [-0.39, 0.29) is 5.91 Å². The van der Waals surface area contributed by atoms with Crippen LogP contribution in [0.25, 0.3) is 0 Å². The molecule has 120 valence electrons. The van der Waals surface area contributed by atoms with Crippen LogP contribution in [0, 0.1) is 0 Å². The van der Waals surface area contributed by atoms with Crippen molar-refractivity contribution in [3.8, 4) is 0 Å². The fraction of sp³-hybridized carbons (Fsp3) is 0.118. The summed E-state index contributed by atoms with van der Waals surface area (Å²) in [7, 11) is 0. The van der Waals surface area contributed by atoms with Crippen molar-refractivity contribution in [3.63, 3.8) is 0 Å². The van der Waals surface area contributed by atoms with Crippen LogP contribution in [0.5, 0.6) is 0 Å². The molecule has 0 unspecified atom stereocenters. The van der Waals surface area contributed by atoms with Gasteiger partial charge in [-0.1, -0.05) is 42.5 Å². The van der Waals surface area contributed by atoms with Gasteiger partial charge in [-0.15, -0.1) is 0 Å². The standard InChI is InChI=1S/C17H16N6O/c18-13-9-5-4-8-12(13)15-19-16(24)17(23-21-15)10-14(20-22-17)11-6-2-1-3-7-11/h1-9,22-23H,10,18H2,(H,19,21,24)/t17-/m1/s1. The van der Waals surface area contributed by atoms with Crippen molar-refractivity contribution >= 4 is 23.1 Å². The summed E-state index contributed by atoms with van der Waals surface area (Å²) in [6.07, 6.45) is 0.393. The van der Waals surface area contributed by atoms with Crippen LogP contribution in [0.1, 0.15) is 17.5 Å². The summed E-state index contributed by atoms with van der Waals surface area (Å²) < 4.78 is 0. The third kappa shape index (κ3) is 2.26. The summed E-state index contributed by atoms with van der Waals surface area (Å²) in [6.45, 7) is 0. The molecule has 1 amide bonds. The van der Waals surface area contributed by atoms with Crippen molar-refractivity contribution in [1.82, 2.24) is 16.2 Å². The van der Waals surface area contributed by atoms with Crippen LogP contribution in [0.2, 0.25) is 0 Å². The number of amidine groups is 1. The Bertz CT molecular complexity index is 860. The number of anilines is 1. The number of nitrogens with zero attached hydrogens (tertiary/aromatic N) is 2. The number of para-hydroxylation sites is 1. The number of rotatable bonds is 2. The Morgan fingerprint density at radius 1 is 0.958 bits per heavy atom. The van der Waals surface area contributed by atoms with E-state index in [1.54, 1.807) is 6.07 Å². The molecule has 0 saturated carbocycles. The molecule has 1 spiro atoms. The fourth-order valence-corrected chi connectivity index (χ4v) is 2.77. The summed E-state index contributed by atoms with van der Waals surface area (Å²) >= 11 is 0. The minimum Gasteiger partial charge on any atom is -0.398 e. The zero-order chi connectivity index (χ0) is 16.6. The predicted molar refractivity (Wildman–Crippen MR) is 92.1 cm³/mol. The summed E-state index contributed by atoms with van der Waals surface area (Å²) in [5.74, 6) is 0.157. The number of hydrogen-bond donors (Lipinski definition) is 4. The Balaban J connectivity index is 1.58. The zero-order valence-electron chi connectivity index (χ0n) is 12.8. The van der Waals surface area contributed by atoms with Crippen molar-refractivity contribution < 1.29 is 4.79 Å². The number of nitrogens with one attached hydrogen (secondary N) is 3. The lowest BCUT2D eigenvalue weighted by Gasteiger charge is -2.31. The highest BCUT2D eigenvalue weighted by Crippen LogP contribution is 2.22. The molecule has 0 aromatic heterocycles. The van der Waals surface area contributed by atoms with Gasteiger partial charge in [-0.2, -0.15) is 10.2 Å². The highest BCUT2D eigenvalue weighted by Gasteiger charge is 2.46. The van der Waals surface area contributed by atoms with E-state index >= 15 is 0 Å². The van der Waals surface area contributed by atoms with E-state index in [9.17, 15) is 4.79 Å². The molecule has 2 aliphatic heterocycles. The summed E-state index contributed by atoms with van der Waals surface area (Å²) in [6, 6.07) is 17.0. The van der Waals surface area contributed by atoms with Crippen molar-refractivity contribution in [1.29, 1.82) is 0 Å². The van der Waals surface area contributed by atoms with Gasteiger partial charge in [0, 0.05) is 17.7 Å². The molecule has 5 N–H and O–H groups in total. The van der Waals surface area contributed by atoms with Gasteiger partial charge in [-0.05, 0) is 17.7 Å². The lowest BCUT2D eigenvalue weighted by Crippen LogP contribution is -2.65. The van der Waals surface area contributed by atoms with Crippen LogP contribution >= 0.6 is 0 Å². The quantitative estimate of drug-likeness (QED) is 0.613. The highest BCUT2D eigenvalue weighted by atomic mass is 16.2. The van der Waals surface area contributed by atoms with Crippen LogP contribution in [0.15, 0.2) is 64.8 Å². The molecule has 2 aliphatic rings. The van der Waals surface area contributed by atoms with Gasteiger partial charge in [-0.3, -0.25) is 15.6 Å². The van der Waals surface area contributed by atoms with Gasteiger partial charge in [-0.25, -0.2) is 0 Å². The zero-order valence-corrected chi connectivity index (χ0v) is 12.8. The molecule has 2 aromatic rings. The van der Waals surface area contributed by atoms with Gasteiger partial charge in [0.05, 0.1) is 5.71 Å². The first kappa shape index (κ1) is 14.3. The number of carbonyl (C=O) groups is 1. The third-order valence-corrected chi connectivity index (χ3v) is 4.12. The normalized spacial score (nSPS) is 22.2. The highest BCUT2D eigenvalue weighted by molar-refractivity contribution is 6.15. The molecule has 0 aliphatic carbocycles. The number of benzene rings is 2. The maximum atomic E-state index is 12.7. The first-order chi connectivity index (χ1) is 11.7. The van der Waals surface area contributed by atoms with Crippen LogP contribution in [-0.2, 0) is 4.79 Å². The minimum absolute atomic E-state index is 0.245. The summed E-state index contributed by atoms with van der Waals surface area (Å²) in [5, 5.41) is 11.4.